The van der Waals surface area contributed by atoms with Crippen molar-refractivity contribution >= 4 is 17.1 Å². The Labute approximate surface area is 108 Å². The molecule has 18 heavy (non-hydrogen) atoms. The molecule has 0 aliphatic heterocycles. The van der Waals surface area contributed by atoms with Gasteiger partial charge in [-0.05, 0) is 17.5 Å². The first-order valence-electron chi connectivity index (χ1n) is 5.06. The average molecular weight is 259 g/mol. The number of thiophene rings is 1. The fraction of sp³-hybridized carbons (Fsp3) is 0.0769. The van der Waals surface area contributed by atoms with E-state index in [1.54, 1.807) is 17.5 Å². The summed E-state index contributed by atoms with van der Waals surface area (Å²) in [6.07, 6.45) is 0. The van der Waals surface area contributed by atoms with Gasteiger partial charge in [-0.3, -0.25) is 4.79 Å². The van der Waals surface area contributed by atoms with Crippen molar-refractivity contribution in [3.05, 3.63) is 45.6 Å². The largest absolute Gasteiger partial charge is 0.504 e. The van der Waals surface area contributed by atoms with Gasteiger partial charge in [0.05, 0.1) is 17.6 Å². The Morgan fingerprint density at radius 1 is 1.50 bits per heavy atom. The van der Waals surface area contributed by atoms with Gasteiger partial charge in [-0.25, -0.2) is 0 Å². The van der Waals surface area contributed by atoms with Crippen molar-refractivity contribution in [3.8, 4) is 17.6 Å². The van der Waals surface area contributed by atoms with Crippen LogP contribution in [0.3, 0.4) is 0 Å². The number of methoxy groups -OCH3 is 1. The standard InChI is InChI=1S/C13H9NO3S/c1-17-11-5-8(7-14)9(6-10(11)15)13(16)12-3-2-4-18-12/h2-6,15H,1H3. The number of benzene rings is 1. The highest BCUT2D eigenvalue weighted by Crippen LogP contribution is 2.30. The molecule has 2 rings (SSSR count). The van der Waals surface area contributed by atoms with Crippen LogP contribution in [-0.4, -0.2) is 18.0 Å². The molecule has 5 heteroatoms. The smallest absolute Gasteiger partial charge is 0.204 e. The molecule has 1 heterocycles. The van der Waals surface area contributed by atoms with Gasteiger partial charge in [0.15, 0.2) is 11.5 Å². The van der Waals surface area contributed by atoms with Crippen molar-refractivity contribution in [2.45, 2.75) is 0 Å². The maximum atomic E-state index is 12.1. The number of hydrogen-bond acceptors (Lipinski definition) is 5. The fourth-order valence-corrected chi connectivity index (χ4v) is 2.23. The van der Waals surface area contributed by atoms with Crippen LogP contribution in [0.15, 0.2) is 29.6 Å². The molecule has 1 N–H and O–H groups in total. The van der Waals surface area contributed by atoms with Gasteiger partial charge in [0.1, 0.15) is 6.07 Å². The third kappa shape index (κ3) is 2.06. The highest BCUT2D eigenvalue weighted by molar-refractivity contribution is 7.12. The van der Waals surface area contributed by atoms with Crippen LogP contribution in [0.4, 0.5) is 0 Å². The summed E-state index contributed by atoms with van der Waals surface area (Å²) in [6.45, 7) is 0. The van der Waals surface area contributed by atoms with E-state index in [0.717, 1.165) is 0 Å². The van der Waals surface area contributed by atoms with Gasteiger partial charge in [-0.2, -0.15) is 5.26 Å². The van der Waals surface area contributed by atoms with Crippen LogP contribution in [0, 0.1) is 11.3 Å². The lowest BCUT2D eigenvalue weighted by molar-refractivity contribution is 0.104. The Morgan fingerprint density at radius 3 is 2.83 bits per heavy atom. The second kappa shape index (κ2) is 4.90. The van der Waals surface area contributed by atoms with E-state index in [-0.39, 0.29) is 28.4 Å². The Balaban J connectivity index is 2.55. The molecule has 1 aromatic carbocycles. The normalized spacial score (nSPS) is 9.78. The molecule has 0 fully saturated rings. The van der Waals surface area contributed by atoms with Crippen molar-refractivity contribution in [1.29, 1.82) is 5.26 Å². The second-order valence-electron chi connectivity index (χ2n) is 3.49. The molecule has 0 bridgehead atoms. The number of phenols is 1. The van der Waals surface area contributed by atoms with Gasteiger partial charge in [0.2, 0.25) is 5.78 Å². The van der Waals surface area contributed by atoms with Crippen molar-refractivity contribution in [3.63, 3.8) is 0 Å². The highest BCUT2D eigenvalue weighted by atomic mass is 32.1. The molecular formula is C13H9NO3S. The zero-order valence-electron chi connectivity index (χ0n) is 9.51. The first-order chi connectivity index (χ1) is 8.67. The maximum Gasteiger partial charge on any atom is 0.204 e. The van der Waals surface area contributed by atoms with Crippen LogP contribution >= 0.6 is 11.3 Å². The Bertz CT molecular complexity index is 626. The molecule has 0 radical (unpaired) electrons. The second-order valence-corrected chi connectivity index (χ2v) is 4.44. The molecule has 1 aromatic heterocycles. The van der Waals surface area contributed by atoms with Gasteiger partial charge in [-0.1, -0.05) is 6.07 Å². The summed E-state index contributed by atoms with van der Waals surface area (Å²) in [5, 5.41) is 20.5. The van der Waals surface area contributed by atoms with Crippen molar-refractivity contribution in [1.82, 2.24) is 0 Å². The number of nitrogens with zero attached hydrogens (tertiary/aromatic N) is 1. The number of hydrogen-bond donors (Lipinski definition) is 1. The van der Waals surface area contributed by atoms with Gasteiger partial charge in [0.25, 0.3) is 0 Å². The molecule has 0 aliphatic rings. The van der Waals surface area contributed by atoms with Crippen LogP contribution in [0.25, 0.3) is 0 Å². The maximum absolute atomic E-state index is 12.1. The van der Waals surface area contributed by atoms with E-state index in [1.807, 2.05) is 6.07 Å². The SMILES string of the molecule is COc1cc(C#N)c(C(=O)c2cccs2)cc1O. The predicted octanol–water partition coefficient (Wildman–Crippen LogP) is 2.56. The minimum absolute atomic E-state index is 0.156. The summed E-state index contributed by atoms with van der Waals surface area (Å²) in [5.74, 6) is -0.259. The first kappa shape index (κ1) is 12.1. The lowest BCUT2D eigenvalue weighted by Gasteiger charge is -2.07. The monoisotopic (exact) mass is 259 g/mol. The number of carbonyl (C=O) groups is 1. The van der Waals surface area contributed by atoms with E-state index in [9.17, 15) is 9.90 Å². The van der Waals surface area contributed by atoms with Crippen LogP contribution in [0.5, 0.6) is 11.5 Å². The van der Waals surface area contributed by atoms with E-state index in [1.165, 1.54) is 30.6 Å². The van der Waals surface area contributed by atoms with Gasteiger partial charge in [-0.15, -0.1) is 11.3 Å². The number of rotatable bonds is 3. The zero-order valence-corrected chi connectivity index (χ0v) is 10.3. The molecule has 0 amide bonds. The van der Waals surface area contributed by atoms with Gasteiger partial charge >= 0.3 is 0 Å². The first-order valence-corrected chi connectivity index (χ1v) is 5.94. The number of ether oxygens (including phenoxy) is 1. The van der Waals surface area contributed by atoms with E-state index >= 15 is 0 Å². The lowest BCUT2D eigenvalue weighted by Crippen LogP contribution is -2.02. The number of ketones is 1. The van der Waals surface area contributed by atoms with E-state index in [4.69, 9.17) is 10.00 Å². The summed E-state index contributed by atoms with van der Waals surface area (Å²) in [6, 6.07) is 7.99. The molecule has 0 atom stereocenters. The molecule has 90 valence electrons. The van der Waals surface area contributed by atoms with E-state index in [0.29, 0.717) is 4.88 Å². The lowest BCUT2D eigenvalue weighted by atomic mass is 10.0. The van der Waals surface area contributed by atoms with Gasteiger partial charge in [0, 0.05) is 11.6 Å². The third-order valence-electron chi connectivity index (χ3n) is 2.43. The minimum Gasteiger partial charge on any atom is -0.504 e. The van der Waals surface area contributed by atoms with E-state index < -0.39 is 0 Å². The number of nitriles is 1. The molecule has 2 aromatic rings. The molecule has 0 saturated heterocycles. The Kier molecular flexibility index (Phi) is 3.31. The van der Waals surface area contributed by atoms with Crippen molar-refractivity contribution in [2.24, 2.45) is 0 Å². The average Bonchev–Trinajstić information content (AvgIpc) is 2.91. The number of aromatic hydroxyl groups is 1. The van der Waals surface area contributed by atoms with Crippen molar-refractivity contribution in [2.75, 3.05) is 7.11 Å². The summed E-state index contributed by atoms with van der Waals surface area (Å²) in [7, 11) is 1.39. The topological polar surface area (TPSA) is 70.3 Å². The molecular weight excluding hydrogens is 250 g/mol. The third-order valence-corrected chi connectivity index (χ3v) is 3.30. The molecule has 0 saturated carbocycles. The van der Waals surface area contributed by atoms with Crippen LogP contribution < -0.4 is 4.74 Å². The summed E-state index contributed by atoms with van der Waals surface area (Å²) >= 11 is 1.29. The summed E-state index contributed by atoms with van der Waals surface area (Å²) in [4.78, 5) is 12.7. The van der Waals surface area contributed by atoms with Crippen LogP contribution in [-0.2, 0) is 0 Å². The highest BCUT2D eigenvalue weighted by Gasteiger charge is 2.18. The van der Waals surface area contributed by atoms with Gasteiger partial charge < -0.3 is 9.84 Å². The van der Waals surface area contributed by atoms with Crippen LogP contribution in [0.2, 0.25) is 0 Å². The van der Waals surface area contributed by atoms with Crippen LogP contribution in [0.1, 0.15) is 20.8 Å². The fourth-order valence-electron chi connectivity index (χ4n) is 1.55. The molecule has 4 nitrogen and oxygen atoms in total. The molecule has 0 spiro atoms. The zero-order chi connectivity index (χ0) is 13.1. The quantitative estimate of drug-likeness (QED) is 0.860. The number of phenolic OH excluding ortho intramolecular Hbond substituents is 1. The predicted molar refractivity (Wildman–Crippen MR) is 67.1 cm³/mol. The summed E-state index contributed by atoms with van der Waals surface area (Å²) < 4.78 is 4.90. The minimum atomic E-state index is -0.278. The summed E-state index contributed by atoms with van der Waals surface area (Å²) in [5.41, 5.74) is 0.362. The van der Waals surface area contributed by atoms with E-state index in [2.05, 4.69) is 0 Å². The van der Waals surface area contributed by atoms with Crippen molar-refractivity contribution < 1.29 is 14.6 Å². The molecule has 0 unspecified atom stereocenters. The number of carbonyl (C=O) groups excluding carboxylic acids is 1. The Hall–Kier alpha value is -2.32. The Morgan fingerprint density at radius 2 is 2.28 bits per heavy atom. The molecule has 0 aliphatic carbocycles.